The van der Waals surface area contributed by atoms with Gasteiger partial charge in [-0.1, -0.05) is 130 Å². The lowest BCUT2D eigenvalue weighted by Crippen LogP contribution is -2.42. The standard InChI is InChI=1S/C55H99NO13/c1-4-7-10-13-19-26-41-64-50(58)32-22-17-14-18-23-35-53(61)67-44-48(45-68-54(62)36-24-25-38-56(39-40-57)49-30-28-31-49)46-69-55(63)37-27-29-47(42-65-51(59)33-20-15-11-8-5-2)43-66-52(60)34-21-16-12-9-6-3/h47-49,57H,4-46H2,1-3H3. The second-order valence-electron chi connectivity index (χ2n) is 19.4. The molecule has 1 aliphatic rings. The third kappa shape index (κ3) is 39.1. The third-order valence-electron chi connectivity index (χ3n) is 12.9. The molecule has 14 heteroatoms. The summed E-state index contributed by atoms with van der Waals surface area (Å²) < 4.78 is 33.3. The van der Waals surface area contributed by atoms with Crippen LogP contribution >= 0.6 is 0 Å². The minimum atomic E-state index is -0.558. The van der Waals surface area contributed by atoms with E-state index in [0.29, 0.717) is 64.1 Å². The van der Waals surface area contributed by atoms with Crippen molar-refractivity contribution >= 4 is 35.8 Å². The maximum atomic E-state index is 13.0. The first-order valence-electron chi connectivity index (χ1n) is 27.9. The molecule has 0 radical (unpaired) electrons. The molecule has 1 N–H and O–H groups in total. The van der Waals surface area contributed by atoms with Crippen molar-refractivity contribution in [2.24, 2.45) is 11.8 Å². The van der Waals surface area contributed by atoms with E-state index in [0.717, 1.165) is 129 Å². The fourth-order valence-corrected chi connectivity index (χ4v) is 8.21. The maximum Gasteiger partial charge on any atom is 0.305 e. The van der Waals surface area contributed by atoms with Crippen LogP contribution in [0.2, 0.25) is 0 Å². The second kappa shape index (κ2) is 45.9. The van der Waals surface area contributed by atoms with Crippen LogP contribution in [0, 0.1) is 11.8 Å². The average Bonchev–Trinajstić information content (AvgIpc) is 3.31. The number of unbranched alkanes of at least 4 members (excludes halogenated alkanes) is 18. The van der Waals surface area contributed by atoms with Gasteiger partial charge in [0.15, 0.2) is 0 Å². The summed E-state index contributed by atoms with van der Waals surface area (Å²) in [6, 6.07) is 0.511. The number of ether oxygens (including phenoxy) is 6. The number of hydrogen-bond acceptors (Lipinski definition) is 14. The van der Waals surface area contributed by atoms with Crippen molar-refractivity contribution in [3.05, 3.63) is 0 Å². The predicted molar refractivity (Wildman–Crippen MR) is 269 cm³/mol. The highest BCUT2D eigenvalue weighted by molar-refractivity contribution is 5.71. The van der Waals surface area contributed by atoms with E-state index < -0.39 is 11.9 Å². The maximum absolute atomic E-state index is 13.0. The van der Waals surface area contributed by atoms with E-state index in [-0.39, 0.29) is 94.7 Å². The molecule has 402 valence electrons. The largest absolute Gasteiger partial charge is 0.466 e. The van der Waals surface area contributed by atoms with Gasteiger partial charge in [-0.05, 0) is 77.2 Å². The Balaban J connectivity index is 2.62. The van der Waals surface area contributed by atoms with Crippen molar-refractivity contribution in [2.75, 3.05) is 59.3 Å². The molecule has 1 rings (SSSR count). The Bertz CT molecular complexity index is 1280. The van der Waals surface area contributed by atoms with Gasteiger partial charge in [-0.15, -0.1) is 0 Å². The number of nitrogens with zero attached hydrogens (tertiary/aromatic N) is 1. The van der Waals surface area contributed by atoms with Gasteiger partial charge in [0.1, 0.15) is 19.8 Å². The first kappa shape index (κ1) is 63.8. The molecular formula is C55H99NO13. The highest BCUT2D eigenvalue weighted by Crippen LogP contribution is 2.25. The summed E-state index contributed by atoms with van der Waals surface area (Å²) in [5.41, 5.74) is 0. The number of esters is 6. The van der Waals surface area contributed by atoms with Gasteiger partial charge < -0.3 is 33.5 Å². The van der Waals surface area contributed by atoms with Gasteiger partial charge in [0.05, 0.1) is 32.3 Å². The number of carbonyl (C=O) groups excluding carboxylic acids is 6. The quantitative estimate of drug-likeness (QED) is 0.0345. The number of aliphatic hydroxyl groups excluding tert-OH is 1. The molecule has 0 spiro atoms. The molecule has 0 amide bonds. The van der Waals surface area contributed by atoms with E-state index >= 15 is 0 Å². The van der Waals surface area contributed by atoms with Crippen molar-refractivity contribution in [1.29, 1.82) is 0 Å². The lowest BCUT2D eigenvalue weighted by atomic mass is 9.91. The topological polar surface area (TPSA) is 181 Å². The molecule has 1 saturated carbocycles. The Hall–Kier alpha value is -3.26. The Morgan fingerprint density at radius 1 is 0.406 bits per heavy atom. The molecular weight excluding hydrogens is 883 g/mol. The SMILES string of the molecule is CCCCCCCCOC(=O)CCCCCCCC(=O)OCC(COC(=O)CCCCN(CCO)C1CCC1)COC(=O)CCCC(COC(=O)CCCCCCC)COC(=O)CCCCCCC. The van der Waals surface area contributed by atoms with Crippen molar-refractivity contribution in [3.8, 4) is 0 Å². The van der Waals surface area contributed by atoms with Crippen LogP contribution in [0.15, 0.2) is 0 Å². The van der Waals surface area contributed by atoms with Gasteiger partial charge in [-0.3, -0.25) is 33.7 Å². The zero-order chi connectivity index (χ0) is 50.4. The molecule has 1 aliphatic carbocycles. The molecule has 0 aromatic heterocycles. The summed E-state index contributed by atoms with van der Waals surface area (Å²) in [7, 11) is 0. The van der Waals surface area contributed by atoms with Crippen LogP contribution in [0.1, 0.15) is 239 Å². The Morgan fingerprint density at radius 3 is 1.12 bits per heavy atom. The molecule has 1 atom stereocenters. The van der Waals surface area contributed by atoms with Crippen LogP contribution in [0.3, 0.4) is 0 Å². The Labute approximate surface area is 418 Å². The summed E-state index contributed by atoms with van der Waals surface area (Å²) in [5.74, 6) is -2.74. The minimum Gasteiger partial charge on any atom is -0.466 e. The van der Waals surface area contributed by atoms with Crippen LogP contribution in [0.5, 0.6) is 0 Å². The van der Waals surface area contributed by atoms with Gasteiger partial charge in [0.2, 0.25) is 0 Å². The smallest absolute Gasteiger partial charge is 0.305 e. The second-order valence-corrected chi connectivity index (χ2v) is 19.4. The van der Waals surface area contributed by atoms with Gasteiger partial charge in [0, 0.05) is 57.0 Å². The molecule has 69 heavy (non-hydrogen) atoms. The van der Waals surface area contributed by atoms with Crippen LogP contribution in [0.25, 0.3) is 0 Å². The van der Waals surface area contributed by atoms with Crippen LogP contribution in [0.4, 0.5) is 0 Å². The number of rotatable bonds is 49. The highest BCUT2D eigenvalue weighted by Gasteiger charge is 2.24. The monoisotopic (exact) mass is 982 g/mol. The van der Waals surface area contributed by atoms with Crippen LogP contribution in [-0.4, -0.2) is 111 Å². The van der Waals surface area contributed by atoms with Crippen molar-refractivity contribution in [1.82, 2.24) is 4.90 Å². The zero-order valence-corrected chi connectivity index (χ0v) is 43.9. The Kier molecular flexibility index (Phi) is 42.4. The molecule has 0 saturated heterocycles. The average molecular weight is 982 g/mol. The van der Waals surface area contributed by atoms with Gasteiger partial charge in [-0.2, -0.15) is 0 Å². The first-order chi connectivity index (χ1) is 33.6. The molecule has 0 aromatic carbocycles. The molecule has 0 heterocycles. The van der Waals surface area contributed by atoms with E-state index in [1.54, 1.807) is 0 Å². The molecule has 1 unspecified atom stereocenters. The summed E-state index contributed by atoms with van der Waals surface area (Å²) in [5, 5.41) is 9.47. The zero-order valence-electron chi connectivity index (χ0n) is 43.9. The third-order valence-corrected chi connectivity index (χ3v) is 12.9. The van der Waals surface area contributed by atoms with E-state index in [2.05, 4.69) is 25.7 Å². The van der Waals surface area contributed by atoms with Crippen molar-refractivity contribution in [2.45, 2.75) is 245 Å². The van der Waals surface area contributed by atoms with Gasteiger partial charge in [-0.25, -0.2) is 0 Å². The minimum absolute atomic E-state index is 0.0739. The van der Waals surface area contributed by atoms with Gasteiger partial charge >= 0.3 is 35.8 Å². The van der Waals surface area contributed by atoms with Crippen LogP contribution in [-0.2, 0) is 57.2 Å². The normalized spacial score (nSPS) is 13.0. The van der Waals surface area contributed by atoms with Gasteiger partial charge in [0.25, 0.3) is 0 Å². The molecule has 0 aromatic rings. The fourth-order valence-electron chi connectivity index (χ4n) is 8.21. The number of hydrogen-bond donors (Lipinski definition) is 1. The molecule has 0 aliphatic heterocycles. The summed E-state index contributed by atoms with van der Waals surface area (Å²) >= 11 is 0. The number of aliphatic hydroxyl groups is 1. The predicted octanol–water partition coefficient (Wildman–Crippen LogP) is 11.5. The van der Waals surface area contributed by atoms with E-state index in [1.165, 1.54) is 32.1 Å². The summed E-state index contributed by atoms with van der Waals surface area (Å²) in [4.78, 5) is 77.9. The van der Waals surface area contributed by atoms with Crippen molar-refractivity contribution in [3.63, 3.8) is 0 Å². The van der Waals surface area contributed by atoms with Crippen molar-refractivity contribution < 1.29 is 62.3 Å². The van der Waals surface area contributed by atoms with E-state index in [4.69, 9.17) is 28.4 Å². The fraction of sp³-hybridized carbons (Fsp3) is 0.891. The van der Waals surface area contributed by atoms with E-state index in [1.807, 2.05) is 0 Å². The summed E-state index contributed by atoms with van der Waals surface area (Å²) in [6.45, 7) is 8.49. The lowest BCUT2D eigenvalue weighted by Gasteiger charge is -2.37. The Morgan fingerprint density at radius 2 is 0.739 bits per heavy atom. The van der Waals surface area contributed by atoms with Crippen LogP contribution < -0.4 is 0 Å². The molecule has 14 nitrogen and oxygen atoms in total. The highest BCUT2D eigenvalue weighted by atomic mass is 16.6. The van der Waals surface area contributed by atoms with E-state index in [9.17, 15) is 33.9 Å². The summed E-state index contributed by atoms with van der Waals surface area (Å²) in [6.07, 6.45) is 28.6. The first-order valence-corrected chi connectivity index (χ1v) is 27.9. The lowest BCUT2D eigenvalue weighted by molar-refractivity contribution is -0.155. The molecule has 0 bridgehead atoms. The molecule has 1 fully saturated rings. The number of carbonyl (C=O) groups is 6.